The molecule has 1 fully saturated rings. The van der Waals surface area contributed by atoms with Crippen molar-refractivity contribution in [3.05, 3.63) is 46.7 Å². The Morgan fingerprint density at radius 3 is 2.68 bits per heavy atom. The zero-order valence-electron chi connectivity index (χ0n) is 22.5. The molecule has 3 heterocycles. The first-order valence-corrected chi connectivity index (χ1v) is 14.3. The van der Waals surface area contributed by atoms with Crippen molar-refractivity contribution in [2.24, 2.45) is 5.41 Å². The number of ether oxygens (including phenoxy) is 2. The van der Waals surface area contributed by atoms with Gasteiger partial charge in [-0.05, 0) is 38.5 Å². The third-order valence-corrected chi connectivity index (χ3v) is 8.57. The van der Waals surface area contributed by atoms with Gasteiger partial charge in [-0.2, -0.15) is 5.21 Å². The summed E-state index contributed by atoms with van der Waals surface area (Å²) >= 11 is 2.51. The van der Waals surface area contributed by atoms with Gasteiger partial charge in [-0.25, -0.2) is 4.79 Å². The number of thioether (sulfide) groups is 2. The van der Waals surface area contributed by atoms with Crippen LogP contribution in [-0.4, -0.2) is 89.9 Å². The lowest BCUT2D eigenvalue weighted by molar-refractivity contribution is -0.173. The molecule has 16 heteroatoms. The average molecular weight is 605 g/mol. The highest BCUT2D eigenvalue weighted by molar-refractivity contribution is 8.01. The SMILES string of the molecule is CC(Sc1nn[nH]n1)C1=C(C(=O)OCOC(=O)C(C)(C)C)N2C(=O)C(NC(=O)C(O)c3ccccc3C=O)[C@@H]2SC1. The van der Waals surface area contributed by atoms with Gasteiger partial charge >= 0.3 is 11.9 Å². The minimum Gasteiger partial charge on any atom is -0.427 e. The van der Waals surface area contributed by atoms with Crippen LogP contribution in [0.3, 0.4) is 0 Å². The number of nitrogens with zero attached hydrogens (tertiary/aromatic N) is 4. The fourth-order valence-corrected chi connectivity index (χ4v) is 6.45. The highest BCUT2D eigenvalue weighted by atomic mass is 32.2. The van der Waals surface area contributed by atoms with Crippen molar-refractivity contribution in [3.8, 4) is 0 Å². The molecule has 2 aliphatic rings. The summed E-state index contributed by atoms with van der Waals surface area (Å²) in [6.07, 6.45) is -1.17. The predicted octanol–water partition coefficient (Wildman–Crippen LogP) is 0.970. The van der Waals surface area contributed by atoms with Crippen molar-refractivity contribution >= 4 is 53.6 Å². The Labute approximate surface area is 243 Å². The molecule has 2 aliphatic heterocycles. The number of hydrogen-bond donors (Lipinski definition) is 3. The van der Waals surface area contributed by atoms with E-state index < -0.39 is 53.5 Å². The summed E-state index contributed by atoms with van der Waals surface area (Å²) in [6, 6.07) is 5.02. The molecule has 0 aliphatic carbocycles. The topological polar surface area (TPSA) is 194 Å². The van der Waals surface area contributed by atoms with Gasteiger partial charge in [0.15, 0.2) is 6.10 Å². The molecular formula is C25H28N6O8S2. The number of aliphatic hydroxyl groups excluding tert-OH is 1. The standard InChI is InChI=1S/C25H28N6O8S2/c1-12(41-24-27-29-30-28-24)15-10-40-21-16(26-19(34)18(33)14-8-6-5-7-13(14)9-32)20(35)31(21)17(15)22(36)38-11-39-23(37)25(2,3)4/h5-9,12,16,18,21,33H,10-11H2,1-4H3,(H,26,34)(H,27,28,29,30)/t12?,16?,18?,21-/m0/s1. The van der Waals surface area contributed by atoms with Crippen LogP contribution in [0.25, 0.3) is 0 Å². The van der Waals surface area contributed by atoms with Gasteiger partial charge in [-0.3, -0.25) is 24.1 Å². The van der Waals surface area contributed by atoms with E-state index in [1.165, 1.54) is 40.6 Å². The Morgan fingerprint density at radius 1 is 1.29 bits per heavy atom. The van der Waals surface area contributed by atoms with Crippen LogP contribution in [0, 0.1) is 5.41 Å². The molecule has 3 unspecified atom stereocenters. The number of esters is 2. The number of aliphatic hydroxyl groups is 1. The smallest absolute Gasteiger partial charge is 0.357 e. The van der Waals surface area contributed by atoms with Crippen molar-refractivity contribution in [3.63, 3.8) is 0 Å². The van der Waals surface area contributed by atoms with Crippen LogP contribution in [0.4, 0.5) is 0 Å². The second-order valence-corrected chi connectivity index (χ2v) is 12.5. The van der Waals surface area contributed by atoms with Crippen LogP contribution in [0.2, 0.25) is 0 Å². The molecule has 0 spiro atoms. The fraction of sp³-hybridized carbons (Fsp3) is 0.440. The number of nitrogens with one attached hydrogen (secondary N) is 2. The van der Waals surface area contributed by atoms with Gasteiger partial charge in [0.1, 0.15) is 23.4 Å². The van der Waals surface area contributed by atoms with E-state index >= 15 is 0 Å². The number of aldehydes is 1. The normalized spacial score (nSPS) is 19.9. The van der Waals surface area contributed by atoms with E-state index in [1.54, 1.807) is 39.8 Å². The van der Waals surface area contributed by atoms with E-state index in [0.29, 0.717) is 17.0 Å². The summed E-state index contributed by atoms with van der Waals surface area (Å²) in [5.74, 6) is -2.64. The van der Waals surface area contributed by atoms with Crippen LogP contribution in [0.15, 0.2) is 40.7 Å². The zero-order valence-corrected chi connectivity index (χ0v) is 24.2. The van der Waals surface area contributed by atoms with Crippen LogP contribution >= 0.6 is 23.5 Å². The Morgan fingerprint density at radius 2 is 2.02 bits per heavy atom. The number of H-pyrrole nitrogens is 1. The molecule has 218 valence electrons. The zero-order chi connectivity index (χ0) is 29.9. The first-order chi connectivity index (χ1) is 19.4. The molecule has 14 nitrogen and oxygen atoms in total. The van der Waals surface area contributed by atoms with Crippen LogP contribution < -0.4 is 5.32 Å². The maximum absolute atomic E-state index is 13.3. The van der Waals surface area contributed by atoms with Gasteiger partial charge in [0.25, 0.3) is 11.8 Å². The van der Waals surface area contributed by atoms with E-state index in [1.807, 2.05) is 0 Å². The van der Waals surface area contributed by atoms with Gasteiger partial charge in [0.05, 0.1) is 5.41 Å². The summed E-state index contributed by atoms with van der Waals surface area (Å²) in [5, 5.41) is 26.1. The molecule has 4 atom stereocenters. The number of aromatic nitrogens is 4. The van der Waals surface area contributed by atoms with Crippen molar-refractivity contribution in [1.29, 1.82) is 0 Å². The lowest BCUT2D eigenvalue weighted by Crippen LogP contribution is -2.71. The average Bonchev–Trinajstić information content (AvgIpc) is 3.46. The summed E-state index contributed by atoms with van der Waals surface area (Å²) in [5.41, 5.74) is -0.0581. The molecule has 2 aromatic rings. The molecule has 41 heavy (non-hydrogen) atoms. The van der Waals surface area contributed by atoms with Gasteiger partial charge in [-0.1, -0.05) is 36.0 Å². The molecule has 2 amide bonds. The molecule has 3 N–H and O–H groups in total. The first-order valence-electron chi connectivity index (χ1n) is 12.4. The second-order valence-electron chi connectivity index (χ2n) is 10.1. The van der Waals surface area contributed by atoms with E-state index in [9.17, 15) is 29.1 Å². The summed E-state index contributed by atoms with van der Waals surface area (Å²) in [4.78, 5) is 64.1. The first kappa shape index (κ1) is 30.2. The predicted molar refractivity (Wildman–Crippen MR) is 145 cm³/mol. The highest BCUT2D eigenvalue weighted by Crippen LogP contribution is 2.44. The Bertz CT molecular complexity index is 1380. The lowest BCUT2D eigenvalue weighted by atomic mass is 9.98. The molecule has 0 bridgehead atoms. The highest BCUT2D eigenvalue weighted by Gasteiger charge is 2.55. The number of benzene rings is 1. The van der Waals surface area contributed by atoms with Crippen LogP contribution in [0.1, 0.15) is 49.7 Å². The van der Waals surface area contributed by atoms with Crippen molar-refractivity contribution in [1.82, 2.24) is 30.8 Å². The van der Waals surface area contributed by atoms with Crippen LogP contribution in [-0.2, 0) is 28.7 Å². The number of carbonyl (C=O) groups excluding carboxylic acids is 5. The molecule has 0 radical (unpaired) electrons. The van der Waals surface area contributed by atoms with Crippen LogP contribution in [0.5, 0.6) is 0 Å². The minimum atomic E-state index is -1.69. The summed E-state index contributed by atoms with van der Waals surface area (Å²) in [6.45, 7) is 6.10. The lowest BCUT2D eigenvalue weighted by Gasteiger charge is -2.50. The Kier molecular flexibility index (Phi) is 9.14. The maximum Gasteiger partial charge on any atom is 0.357 e. The van der Waals surface area contributed by atoms with E-state index in [0.717, 1.165) is 0 Å². The Balaban J connectivity index is 1.53. The van der Waals surface area contributed by atoms with Crippen molar-refractivity contribution < 1.29 is 38.6 Å². The summed E-state index contributed by atoms with van der Waals surface area (Å²) in [7, 11) is 0. The third kappa shape index (κ3) is 6.44. The number of tetrazole rings is 1. The number of aromatic amines is 1. The number of fused-ring (bicyclic) bond motifs is 1. The Hall–Kier alpha value is -3.76. The van der Waals surface area contributed by atoms with Crippen molar-refractivity contribution in [2.75, 3.05) is 12.5 Å². The van der Waals surface area contributed by atoms with Crippen molar-refractivity contribution in [2.45, 2.75) is 55.6 Å². The largest absolute Gasteiger partial charge is 0.427 e. The molecule has 0 saturated carbocycles. The number of amides is 2. The quantitative estimate of drug-likeness (QED) is 0.114. The number of β-lactam (4-membered cyclic amide) rings is 1. The third-order valence-electron chi connectivity index (χ3n) is 6.25. The number of rotatable bonds is 10. The maximum atomic E-state index is 13.3. The molecule has 1 aromatic heterocycles. The molecule has 4 rings (SSSR count). The van der Waals surface area contributed by atoms with E-state index in [-0.39, 0.29) is 27.8 Å². The van der Waals surface area contributed by atoms with E-state index in [4.69, 9.17) is 9.47 Å². The summed E-state index contributed by atoms with van der Waals surface area (Å²) < 4.78 is 10.3. The minimum absolute atomic E-state index is 0.0357. The number of carbonyl (C=O) groups is 5. The molecule has 1 aromatic carbocycles. The fourth-order valence-electron chi connectivity index (χ4n) is 4.04. The van der Waals surface area contributed by atoms with Gasteiger partial charge in [-0.15, -0.1) is 22.0 Å². The second kappa shape index (κ2) is 12.4. The molecule has 1 saturated heterocycles. The monoisotopic (exact) mass is 604 g/mol. The number of hydrogen-bond acceptors (Lipinski definition) is 13. The molecular weight excluding hydrogens is 576 g/mol. The van der Waals surface area contributed by atoms with Gasteiger partial charge in [0, 0.05) is 22.1 Å². The van der Waals surface area contributed by atoms with Gasteiger partial charge in [0.2, 0.25) is 11.9 Å². The van der Waals surface area contributed by atoms with Gasteiger partial charge < -0.3 is 19.9 Å². The van der Waals surface area contributed by atoms with E-state index in [2.05, 4.69) is 25.9 Å².